The lowest BCUT2D eigenvalue weighted by molar-refractivity contribution is -0.129. The number of rotatable bonds is 5. The van der Waals surface area contributed by atoms with Crippen LogP contribution in [-0.4, -0.2) is 39.9 Å². The molecule has 2 atom stereocenters. The van der Waals surface area contributed by atoms with Gasteiger partial charge in [0.2, 0.25) is 0 Å². The minimum absolute atomic E-state index is 0.0707. The van der Waals surface area contributed by atoms with Crippen molar-refractivity contribution < 1.29 is 24.5 Å². The van der Waals surface area contributed by atoms with Gasteiger partial charge in [-0.2, -0.15) is 6.20 Å². The molecule has 0 saturated heterocycles. The molecule has 8 rings (SSSR count). The minimum Gasteiger partial charge on any atom is -0.664 e. The van der Waals surface area contributed by atoms with Gasteiger partial charge < -0.3 is 30.2 Å². The lowest BCUT2D eigenvalue weighted by Crippen LogP contribution is -2.30. The number of carbonyl (C=O) groups is 2. The Labute approximate surface area is 310 Å². The molecule has 3 aliphatic rings. The van der Waals surface area contributed by atoms with E-state index in [-0.39, 0.29) is 41.8 Å². The molecule has 8 nitrogen and oxygen atoms in total. The number of nitrogens with one attached hydrogen (secondary N) is 1. The van der Waals surface area contributed by atoms with E-state index in [2.05, 4.69) is 40.3 Å². The number of ether oxygens (including phenoxy) is 1. The van der Waals surface area contributed by atoms with Crippen LogP contribution >= 0.6 is 0 Å². The normalized spacial score (nSPS) is 18.8. The second-order valence-electron chi connectivity index (χ2n) is 14.8. The van der Waals surface area contributed by atoms with Crippen molar-refractivity contribution in [2.75, 3.05) is 13.2 Å². The average molecular weight is 708 g/mol. The van der Waals surface area contributed by atoms with Crippen molar-refractivity contribution in [1.29, 1.82) is 0 Å². The Morgan fingerprint density at radius 1 is 0.849 bits per heavy atom. The quantitative estimate of drug-likeness (QED) is 0.124. The van der Waals surface area contributed by atoms with E-state index in [0.29, 0.717) is 38.2 Å². The molecule has 1 aliphatic carbocycles. The van der Waals surface area contributed by atoms with E-state index in [4.69, 9.17) is 10.1 Å². The summed E-state index contributed by atoms with van der Waals surface area (Å²) in [5.74, 6) is 0.997. The number of H-pyrrole nitrogens is 1. The fraction of sp³-hybridized carbons (Fsp3) is 0.333. The van der Waals surface area contributed by atoms with Crippen molar-refractivity contribution in [3.05, 3.63) is 140 Å². The van der Waals surface area contributed by atoms with Crippen LogP contribution in [0.1, 0.15) is 94.6 Å². The highest BCUT2D eigenvalue weighted by atomic mass is 16.5. The van der Waals surface area contributed by atoms with Crippen molar-refractivity contribution in [2.24, 2.45) is 5.92 Å². The third kappa shape index (κ3) is 7.54. The monoisotopic (exact) mass is 707 g/mol. The zero-order valence-corrected chi connectivity index (χ0v) is 29.9. The average Bonchev–Trinajstić information content (AvgIpc) is 3.82. The van der Waals surface area contributed by atoms with E-state index in [0.717, 1.165) is 100 Å². The fourth-order valence-corrected chi connectivity index (χ4v) is 8.62. The number of Topliss-reactive ketones (excluding diaryl/α,β-unsaturated/α-hetero) is 2. The lowest BCUT2D eigenvalue weighted by Gasteiger charge is -2.36. The van der Waals surface area contributed by atoms with Gasteiger partial charge in [0.1, 0.15) is 17.3 Å². The number of fused-ring (bicyclic) bond motifs is 9. The van der Waals surface area contributed by atoms with Crippen LogP contribution in [0.15, 0.2) is 84.7 Å². The molecular formula is C45H45N3O5-2. The molecule has 0 spiro atoms. The molecule has 5 aromatic rings. The third-order valence-corrected chi connectivity index (χ3v) is 11.2. The highest BCUT2D eigenvalue weighted by Crippen LogP contribution is 2.44. The first-order valence-electron chi connectivity index (χ1n) is 18.9. The number of ketones is 2. The summed E-state index contributed by atoms with van der Waals surface area (Å²) in [4.78, 5) is 36.2. The second kappa shape index (κ2) is 15.2. The Bertz CT molecular complexity index is 2170. The molecule has 0 saturated carbocycles. The van der Waals surface area contributed by atoms with Gasteiger partial charge in [0.25, 0.3) is 0 Å². The van der Waals surface area contributed by atoms with Crippen LogP contribution in [0.25, 0.3) is 11.4 Å². The smallest absolute Gasteiger partial charge is 0.164 e. The van der Waals surface area contributed by atoms with Crippen LogP contribution in [0.2, 0.25) is 0 Å². The van der Waals surface area contributed by atoms with Crippen molar-refractivity contribution in [1.82, 2.24) is 9.97 Å². The van der Waals surface area contributed by atoms with E-state index in [1.165, 1.54) is 0 Å². The van der Waals surface area contributed by atoms with Crippen molar-refractivity contribution in [2.45, 2.75) is 76.5 Å². The number of phenolic OH excluding ortho intramolecular Hbond substituents is 2. The largest absolute Gasteiger partial charge is 0.664 e. The predicted octanol–water partition coefficient (Wildman–Crippen LogP) is 8.58. The van der Waals surface area contributed by atoms with Gasteiger partial charge in [-0.05, 0) is 97.4 Å². The fourth-order valence-electron chi connectivity index (χ4n) is 8.62. The molecule has 0 amide bonds. The van der Waals surface area contributed by atoms with Crippen LogP contribution in [0.5, 0.6) is 17.2 Å². The van der Waals surface area contributed by atoms with E-state index >= 15 is 0 Å². The summed E-state index contributed by atoms with van der Waals surface area (Å²) >= 11 is 0. The molecule has 0 unspecified atom stereocenters. The van der Waals surface area contributed by atoms with Crippen LogP contribution in [0.4, 0.5) is 5.82 Å². The van der Waals surface area contributed by atoms with Gasteiger partial charge in [0.05, 0.1) is 13.0 Å². The molecule has 0 fully saturated rings. The molecule has 272 valence electrons. The van der Waals surface area contributed by atoms with Gasteiger partial charge in [-0.3, -0.25) is 9.59 Å². The first-order chi connectivity index (χ1) is 25.9. The molecule has 3 N–H and O–H groups in total. The molecule has 3 aromatic carbocycles. The highest BCUT2D eigenvalue weighted by Gasteiger charge is 2.35. The Morgan fingerprint density at radius 3 is 2.57 bits per heavy atom. The molecule has 2 aromatic heterocycles. The number of nitrogens with zero attached hydrogens (tertiary/aromatic N) is 2. The molecular weight excluding hydrogens is 663 g/mol. The van der Waals surface area contributed by atoms with Gasteiger partial charge in [-0.25, -0.2) is 0 Å². The Hall–Kier alpha value is -5.50. The number of aromatic nitrogens is 2. The van der Waals surface area contributed by atoms with Crippen LogP contribution < -0.4 is 9.72 Å². The zero-order valence-electron chi connectivity index (χ0n) is 29.9. The summed E-state index contributed by atoms with van der Waals surface area (Å²) in [6, 6.07) is 21.9. The molecule has 2 aliphatic heterocycles. The van der Waals surface area contributed by atoms with Gasteiger partial charge in [-0.1, -0.05) is 90.2 Å². The summed E-state index contributed by atoms with van der Waals surface area (Å²) in [7, 11) is 0. The Morgan fingerprint density at radius 2 is 1.70 bits per heavy atom. The number of aromatic amines is 1. The van der Waals surface area contributed by atoms with Crippen molar-refractivity contribution in [3.63, 3.8) is 0 Å². The van der Waals surface area contributed by atoms with E-state index in [1.807, 2.05) is 42.7 Å². The van der Waals surface area contributed by atoms with Crippen molar-refractivity contribution >= 4 is 23.5 Å². The molecule has 8 heteroatoms. The summed E-state index contributed by atoms with van der Waals surface area (Å²) in [5.41, 5.74) is 9.93. The first kappa shape index (κ1) is 34.6. The number of hydrogen-bond acceptors (Lipinski definition) is 5. The van der Waals surface area contributed by atoms with Crippen LogP contribution in [-0.2, 0) is 41.7 Å². The second-order valence-corrected chi connectivity index (χ2v) is 14.8. The highest BCUT2D eigenvalue weighted by molar-refractivity contribution is 6.02. The molecule has 53 heavy (non-hydrogen) atoms. The summed E-state index contributed by atoms with van der Waals surface area (Å²) in [6.45, 7) is 0.868. The number of benzene rings is 3. The lowest BCUT2D eigenvalue weighted by atomic mass is 9.71. The zero-order chi connectivity index (χ0) is 36.3. The maximum absolute atomic E-state index is 14.5. The first-order valence-corrected chi connectivity index (χ1v) is 18.9. The maximum Gasteiger partial charge on any atom is 0.164 e. The van der Waals surface area contributed by atoms with Gasteiger partial charge in [-0.15, -0.1) is 5.69 Å². The van der Waals surface area contributed by atoms with Gasteiger partial charge in [0.15, 0.2) is 11.5 Å². The third-order valence-electron chi connectivity index (χ3n) is 11.2. The predicted molar refractivity (Wildman–Crippen MR) is 205 cm³/mol. The summed E-state index contributed by atoms with van der Waals surface area (Å²) < 4.78 is 6.03. The number of aromatic hydroxyl groups is 2. The molecule has 0 radical (unpaired) electrons. The number of hydrogen-bond donors (Lipinski definition) is 3. The van der Waals surface area contributed by atoms with Crippen molar-refractivity contribution in [3.8, 4) is 17.2 Å². The standard InChI is InChI=1S/C45H45N3O5/c49-35-10-4-7-28(23-35)6-1-2-11-39-38-16-18-46-40(38)25-34-27-48-45-32(15-17-47-45)21-29-8-3-9-30(20-29)22-33-24-31(13-14-36(50)26-41(51)42(34)39)37-12-5-19-53-44(37)43(33)52/h3-4,7-10,15-18,20,23-25,39,42,47,49,52H,1-2,5-6,11-14,19,21-22,26-27H2/q-2/t39-,42-/m1/s1. The summed E-state index contributed by atoms with van der Waals surface area (Å²) in [5, 5.41) is 26.4. The van der Waals surface area contributed by atoms with E-state index < -0.39 is 5.92 Å². The summed E-state index contributed by atoms with van der Waals surface area (Å²) in [6.07, 6.45) is 12.5. The number of phenols is 2. The Balaban J connectivity index is 1.12. The molecule has 4 heterocycles. The number of aryl methyl sites for hydroxylation is 2. The van der Waals surface area contributed by atoms with Gasteiger partial charge >= 0.3 is 0 Å². The van der Waals surface area contributed by atoms with Gasteiger partial charge in [0, 0.05) is 29.9 Å². The number of unbranched alkanes of at least 4 members (excludes halogenated alkanes) is 1. The SMILES string of the molecule is O=C1CCc2cc(c(O)c3c2CCCO3)Cc2cccc(c2)Cc2cc[nH]c2[N-]CC2=Cc3[n-]ccc3[C@@H](CCCCc3cccc(O)c3)[C@@H]2C(=O)C1. The minimum atomic E-state index is -0.487. The van der Waals surface area contributed by atoms with Crippen LogP contribution in [0.3, 0.4) is 0 Å². The maximum atomic E-state index is 14.5. The van der Waals surface area contributed by atoms with Crippen LogP contribution in [0, 0.1) is 5.92 Å². The van der Waals surface area contributed by atoms with E-state index in [9.17, 15) is 19.8 Å². The topological polar surface area (TPSA) is 128 Å². The van der Waals surface area contributed by atoms with E-state index in [1.54, 1.807) is 12.1 Å². The number of carbonyl (C=O) groups excluding carboxylic acids is 2. The molecule has 4 bridgehead atoms. The Kier molecular flexibility index (Phi) is 9.94.